The second-order valence-electron chi connectivity index (χ2n) is 2.81. The van der Waals surface area contributed by atoms with Gasteiger partial charge in [-0.25, -0.2) is 14.4 Å². The Kier molecular flexibility index (Phi) is 9.44. The summed E-state index contributed by atoms with van der Waals surface area (Å²) in [7, 11) is 0. The molecule has 18 heavy (non-hydrogen) atoms. The highest BCUT2D eigenvalue weighted by Crippen LogP contribution is 2.01. The lowest BCUT2D eigenvalue weighted by molar-refractivity contribution is -0.137. The molecular weight excluding hydrogens is 248 g/mol. The molecule has 0 spiro atoms. The minimum absolute atomic E-state index is 0.00463. The molecule has 0 aromatic heterocycles. The van der Waals surface area contributed by atoms with E-state index in [9.17, 15) is 19.2 Å². The molecule has 0 aromatic rings. The number of hydrogen-bond acceptors (Lipinski definition) is 4. The molecule has 0 fully saturated rings. The first-order chi connectivity index (χ1) is 8.16. The third kappa shape index (κ3) is 15.8. The quantitative estimate of drug-likeness (QED) is 0.495. The van der Waals surface area contributed by atoms with Crippen LogP contribution >= 0.6 is 0 Å². The van der Waals surface area contributed by atoms with Crippen LogP contribution in [0.1, 0.15) is 12.8 Å². The third-order valence-corrected chi connectivity index (χ3v) is 1.31. The molecule has 0 aromatic carbocycles. The zero-order valence-corrected chi connectivity index (χ0v) is 9.20. The summed E-state index contributed by atoms with van der Waals surface area (Å²) >= 11 is 0. The summed E-state index contributed by atoms with van der Waals surface area (Å²) in [5, 5.41) is 31.9. The van der Waals surface area contributed by atoms with Gasteiger partial charge < -0.3 is 20.4 Å². The summed E-state index contributed by atoms with van der Waals surface area (Å²) in [6.45, 7) is 3.16. The fraction of sp³-hybridized carbons (Fsp3) is 0.200. The fourth-order valence-corrected chi connectivity index (χ4v) is 0.507. The van der Waals surface area contributed by atoms with Crippen LogP contribution in [0.5, 0.6) is 0 Å². The molecule has 0 amide bonds. The topological polar surface area (TPSA) is 149 Å². The van der Waals surface area contributed by atoms with Crippen LogP contribution in [0.4, 0.5) is 0 Å². The van der Waals surface area contributed by atoms with Crippen LogP contribution in [0.2, 0.25) is 0 Å². The number of carboxylic acids is 4. The van der Waals surface area contributed by atoms with E-state index in [2.05, 4.69) is 6.58 Å². The molecule has 0 aliphatic rings. The van der Waals surface area contributed by atoms with Gasteiger partial charge in [0.1, 0.15) is 0 Å². The van der Waals surface area contributed by atoms with Gasteiger partial charge in [-0.1, -0.05) is 6.58 Å². The molecule has 0 bridgehead atoms. The summed E-state index contributed by atoms with van der Waals surface area (Å²) in [6, 6.07) is 0. The van der Waals surface area contributed by atoms with Gasteiger partial charge in [0.15, 0.2) is 0 Å². The van der Waals surface area contributed by atoms with Crippen molar-refractivity contribution >= 4 is 23.9 Å². The maximum Gasteiger partial charge on any atom is 0.330 e. The first-order valence-electron chi connectivity index (χ1n) is 4.43. The Morgan fingerprint density at radius 3 is 1.44 bits per heavy atom. The van der Waals surface area contributed by atoms with Crippen molar-refractivity contribution in [2.75, 3.05) is 0 Å². The highest BCUT2D eigenvalue weighted by Gasteiger charge is 2.05. The van der Waals surface area contributed by atoms with Crippen LogP contribution in [0.15, 0.2) is 24.3 Å². The number of carboxylic acid groups (broad SMARTS) is 4. The van der Waals surface area contributed by atoms with Gasteiger partial charge in [-0.15, -0.1) is 0 Å². The molecule has 0 atom stereocenters. The second kappa shape index (κ2) is 9.58. The number of rotatable bonds is 6. The average Bonchev–Trinajstić information content (AvgIpc) is 2.23. The summed E-state index contributed by atoms with van der Waals surface area (Å²) in [5.41, 5.74) is -0.0672. The molecule has 8 heteroatoms. The maximum absolute atomic E-state index is 10.0. The molecule has 0 rings (SSSR count). The van der Waals surface area contributed by atoms with Gasteiger partial charge in [-0.3, -0.25) is 4.79 Å². The second-order valence-corrected chi connectivity index (χ2v) is 2.81. The Morgan fingerprint density at radius 1 is 0.833 bits per heavy atom. The molecule has 0 aliphatic carbocycles. The molecule has 0 radical (unpaired) electrons. The molecule has 8 nitrogen and oxygen atoms in total. The van der Waals surface area contributed by atoms with E-state index in [1.54, 1.807) is 0 Å². The van der Waals surface area contributed by atoms with Crippen molar-refractivity contribution in [2.45, 2.75) is 12.8 Å². The fourth-order valence-electron chi connectivity index (χ4n) is 0.507. The Morgan fingerprint density at radius 2 is 1.22 bits per heavy atom. The molecular formula is C10H12O8. The van der Waals surface area contributed by atoms with E-state index >= 15 is 0 Å². The predicted molar refractivity (Wildman–Crippen MR) is 58.1 cm³/mol. The van der Waals surface area contributed by atoms with Gasteiger partial charge in [0, 0.05) is 24.1 Å². The van der Waals surface area contributed by atoms with Gasteiger partial charge in [-0.2, -0.15) is 0 Å². The van der Waals surface area contributed by atoms with E-state index in [1.165, 1.54) is 0 Å². The lowest BCUT2D eigenvalue weighted by Crippen LogP contribution is -2.02. The summed E-state index contributed by atoms with van der Waals surface area (Å²) < 4.78 is 0. The zero-order chi connectivity index (χ0) is 14.7. The molecule has 0 heterocycles. The Bertz CT molecular complexity index is 363. The lowest BCUT2D eigenvalue weighted by atomic mass is 10.2. The van der Waals surface area contributed by atoms with E-state index in [0.29, 0.717) is 12.2 Å². The van der Waals surface area contributed by atoms with E-state index in [4.69, 9.17) is 20.4 Å². The van der Waals surface area contributed by atoms with Gasteiger partial charge >= 0.3 is 23.9 Å². The first kappa shape index (κ1) is 17.7. The monoisotopic (exact) mass is 260 g/mol. The Balaban J connectivity index is 0. The van der Waals surface area contributed by atoms with Crippen LogP contribution < -0.4 is 0 Å². The third-order valence-electron chi connectivity index (χ3n) is 1.31. The van der Waals surface area contributed by atoms with Crippen LogP contribution in [0, 0.1) is 0 Å². The molecule has 0 unspecified atom stereocenters. The van der Waals surface area contributed by atoms with Crippen molar-refractivity contribution in [3.8, 4) is 0 Å². The first-order valence-corrected chi connectivity index (χ1v) is 4.43. The number of hydrogen-bond donors (Lipinski definition) is 4. The summed E-state index contributed by atoms with van der Waals surface area (Å²) in [4.78, 5) is 39.0. The van der Waals surface area contributed by atoms with E-state index in [0.717, 1.165) is 0 Å². The molecule has 0 aliphatic heterocycles. The van der Waals surface area contributed by atoms with Gasteiger partial charge in [-0.05, 0) is 6.42 Å². The average molecular weight is 260 g/mol. The highest BCUT2D eigenvalue weighted by atomic mass is 16.4. The molecule has 0 saturated heterocycles. The predicted octanol–water partition coefficient (Wildman–Crippen LogP) is 0.204. The smallest absolute Gasteiger partial charge is 0.330 e. The van der Waals surface area contributed by atoms with Crippen molar-refractivity contribution in [3.63, 3.8) is 0 Å². The van der Waals surface area contributed by atoms with Crippen LogP contribution in [-0.2, 0) is 19.2 Å². The molecule has 100 valence electrons. The minimum atomic E-state index is -1.26. The maximum atomic E-state index is 10.0. The largest absolute Gasteiger partial charge is 0.481 e. The summed E-state index contributed by atoms with van der Waals surface area (Å²) in [6.07, 6.45) is 0.945. The highest BCUT2D eigenvalue weighted by molar-refractivity contribution is 5.89. The lowest BCUT2D eigenvalue weighted by Gasteiger charge is -1.94. The number of carbonyl (C=O) groups is 4. The van der Waals surface area contributed by atoms with Crippen molar-refractivity contribution in [3.05, 3.63) is 24.3 Å². The normalized spacial score (nSPS) is 9.11. The van der Waals surface area contributed by atoms with Crippen molar-refractivity contribution in [1.29, 1.82) is 0 Å². The van der Waals surface area contributed by atoms with Gasteiger partial charge in [0.2, 0.25) is 0 Å². The van der Waals surface area contributed by atoms with Crippen molar-refractivity contribution < 1.29 is 39.6 Å². The van der Waals surface area contributed by atoms with E-state index in [-0.39, 0.29) is 18.4 Å². The van der Waals surface area contributed by atoms with Crippen molar-refractivity contribution in [1.82, 2.24) is 0 Å². The van der Waals surface area contributed by atoms with Gasteiger partial charge in [0.05, 0.1) is 0 Å². The van der Waals surface area contributed by atoms with Crippen LogP contribution in [0.3, 0.4) is 0 Å². The van der Waals surface area contributed by atoms with E-state index < -0.39 is 23.9 Å². The standard InChI is InChI=1S/C6H8O4.C4H4O4/c1-4(6(9)10)2-3-5(7)8;5-3(6)1-2-4(7)8/h1-3H2,(H,7,8)(H,9,10);1-2H,(H,5,6)(H,7,8)/b;2-1+. The van der Waals surface area contributed by atoms with E-state index in [1.807, 2.05) is 0 Å². The van der Waals surface area contributed by atoms with Crippen LogP contribution in [0.25, 0.3) is 0 Å². The zero-order valence-electron chi connectivity index (χ0n) is 9.20. The molecule has 4 N–H and O–H groups in total. The van der Waals surface area contributed by atoms with Crippen molar-refractivity contribution in [2.24, 2.45) is 0 Å². The Hall–Kier alpha value is -2.64. The SMILES string of the molecule is C=C(CCC(=O)O)C(=O)O.O=C(O)/C=C/C(=O)O. The van der Waals surface area contributed by atoms with Crippen LogP contribution in [-0.4, -0.2) is 44.3 Å². The number of aliphatic carboxylic acids is 4. The molecule has 0 saturated carbocycles. The minimum Gasteiger partial charge on any atom is -0.481 e. The Labute approximate surface area is 101 Å². The van der Waals surface area contributed by atoms with Gasteiger partial charge in [0.25, 0.3) is 0 Å². The summed E-state index contributed by atoms with van der Waals surface area (Å²) in [5.74, 6) is -4.66.